The first-order chi connectivity index (χ1) is 15.7. The summed E-state index contributed by atoms with van der Waals surface area (Å²) < 4.78 is 3.11. The number of tetrazole rings is 1. The van der Waals surface area contributed by atoms with Gasteiger partial charge in [0.25, 0.3) is 11.8 Å². The second-order valence-corrected chi connectivity index (χ2v) is 7.16. The molecule has 32 heavy (non-hydrogen) atoms. The fourth-order valence-corrected chi connectivity index (χ4v) is 3.70. The van der Waals surface area contributed by atoms with E-state index >= 15 is 0 Å². The monoisotopic (exact) mass is 426 g/mol. The second-order valence-electron chi connectivity index (χ2n) is 7.16. The van der Waals surface area contributed by atoms with E-state index < -0.39 is 5.91 Å². The van der Waals surface area contributed by atoms with E-state index in [4.69, 9.17) is 0 Å². The number of fused-ring (bicyclic) bond motifs is 3. The first-order valence-corrected chi connectivity index (χ1v) is 9.76. The zero-order valence-corrected chi connectivity index (χ0v) is 16.5. The van der Waals surface area contributed by atoms with Gasteiger partial charge < -0.3 is 0 Å². The number of carbonyl (C=O) groups is 2. The van der Waals surface area contributed by atoms with Gasteiger partial charge in [0.15, 0.2) is 0 Å². The van der Waals surface area contributed by atoms with Crippen molar-refractivity contribution in [2.75, 3.05) is 5.01 Å². The van der Waals surface area contributed by atoms with Crippen LogP contribution in [0.25, 0.3) is 22.4 Å². The summed E-state index contributed by atoms with van der Waals surface area (Å²) in [7, 11) is 0. The molecule has 1 aliphatic rings. The quantitative estimate of drug-likeness (QED) is 0.389. The van der Waals surface area contributed by atoms with Crippen molar-refractivity contribution in [3.63, 3.8) is 0 Å². The number of aromatic nitrogens is 8. The van der Waals surface area contributed by atoms with Gasteiger partial charge in [0.2, 0.25) is 11.5 Å². The third kappa shape index (κ3) is 2.77. The van der Waals surface area contributed by atoms with Crippen LogP contribution < -0.4 is 5.01 Å². The molecule has 0 bridgehead atoms. The van der Waals surface area contributed by atoms with E-state index in [0.717, 1.165) is 5.69 Å². The van der Waals surface area contributed by atoms with Gasteiger partial charge in [0.1, 0.15) is 12.1 Å². The van der Waals surface area contributed by atoms with Gasteiger partial charge >= 0.3 is 0 Å². The van der Waals surface area contributed by atoms with Crippen molar-refractivity contribution in [2.45, 2.75) is 13.0 Å². The van der Waals surface area contributed by atoms with Gasteiger partial charge in [0.05, 0.1) is 29.5 Å². The Morgan fingerprint density at radius 3 is 2.56 bits per heavy atom. The van der Waals surface area contributed by atoms with Crippen LogP contribution >= 0.6 is 0 Å². The highest BCUT2D eigenvalue weighted by atomic mass is 16.2. The molecule has 0 unspecified atom stereocenters. The number of amides is 2. The highest BCUT2D eigenvalue weighted by Gasteiger charge is 2.40. The Balaban J connectivity index is 1.41. The maximum atomic E-state index is 12.8. The minimum Gasteiger partial charge on any atom is -0.272 e. The van der Waals surface area contributed by atoms with E-state index in [2.05, 4.69) is 30.8 Å². The van der Waals surface area contributed by atoms with Crippen molar-refractivity contribution >= 4 is 34.3 Å². The van der Waals surface area contributed by atoms with Crippen LogP contribution in [-0.4, -0.2) is 56.8 Å². The summed E-state index contributed by atoms with van der Waals surface area (Å²) in [5.41, 5.74) is 2.89. The van der Waals surface area contributed by atoms with Gasteiger partial charge in [-0.05, 0) is 34.7 Å². The number of rotatable bonds is 4. The Morgan fingerprint density at radius 1 is 0.875 bits per heavy atom. The molecule has 0 radical (unpaired) electrons. The molecule has 2 aromatic carbocycles. The van der Waals surface area contributed by atoms with Crippen molar-refractivity contribution in [3.05, 3.63) is 66.5 Å². The van der Waals surface area contributed by atoms with Crippen LogP contribution in [0.15, 0.2) is 60.8 Å². The number of carbonyl (C=O) groups excluding carboxylic acids is 2. The summed E-state index contributed by atoms with van der Waals surface area (Å²) in [6, 6.07) is 16.8. The van der Waals surface area contributed by atoms with Crippen LogP contribution in [0.3, 0.4) is 0 Å². The highest BCUT2D eigenvalue weighted by Crippen LogP contribution is 2.28. The number of hydrogen-bond donors (Lipinski definition) is 0. The molecule has 0 saturated carbocycles. The van der Waals surface area contributed by atoms with Crippen LogP contribution in [0.5, 0.6) is 0 Å². The lowest BCUT2D eigenvalue weighted by atomic mass is 10.3. The number of hydrazine groups is 1. The zero-order valence-electron chi connectivity index (χ0n) is 16.5. The van der Waals surface area contributed by atoms with Gasteiger partial charge in [-0.2, -0.15) is 9.52 Å². The fraction of sp³-hybridized carbons (Fsp3) is 0.100. The van der Waals surface area contributed by atoms with E-state index in [1.54, 1.807) is 16.9 Å². The molecular weight excluding hydrogens is 412 g/mol. The van der Waals surface area contributed by atoms with Crippen LogP contribution in [-0.2, 0) is 16.1 Å². The minimum absolute atomic E-state index is 0.0413. The number of hydrogen-bond acceptors (Lipinski definition) is 8. The Hall–Kier alpha value is -4.74. The van der Waals surface area contributed by atoms with Gasteiger partial charge in [0, 0.05) is 0 Å². The molecule has 2 amide bonds. The molecule has 6 rings (SSSR count). The summed E-state index contributed by atoms with van der Waals surface area (Å²) >= 11 is 0. The SMILES string of the molecule is O=C1CC(=O)N(c2nc3ccccc3n3nnnc23)N1Cc1cn(-c2ccccc2)nn1. The summed E-state index contributed by atoms with van der Waals surface area (Å²) in [5, 5.41) is 22.6. The lowest BCUT2D eigenvalue weighted by Gasteiger charge is -2.26. The van der Waals surface area contributed by atoms with Crippen LogP contribution in [0, 0.1) is 0 Å². The summed E-state index contributed by atoms with van der Waals surface area (Å²) in [5.74, 6) is -0.608. The number of benzene rings is 2. The Kier molecular flexibility index (Phi) is 3.90. The standard InChI is InChI=1S/C20H14N10O2/c31-17-10-18(32)30(19-20-23-24-26-29(20)16-9-5-4-8-15(16)21-19)28(17)12-13-11-27(25-22-13)14-6-2-1-3-7-14/h1-9,11H,10,12H2. The normalized spacial score (nSPS) is 14.2. The van der Waals surface area contributed by atoms with Gasteiger partial charge in [-0.1, -0.05) is 35.5 Å². The van der Waals surface area contributed by atoms with E-state index in [0.29, 0.717) is 16.7 Å². The van der Waals surface area contributed by atoms with Gasteiger partial charge in [-0.25, -0.2) is 14.7 Å². The lowest BCUT2D eigenvalue weighted by molar-refractivity contribution is -0.128. The second kappa shape index (κ2) is 6.91. The predicted octanol–water partition coefficient (Wildman–Crippen LogP) is 0.934. The zero-order chi connectivity index (χ0) is 21.7. The fourth-order valence-electron chi connectivity index (χ4n) is 3.70. The molecule has 3 aromatic heterocycles. The molecule has 1 fully saturated rings. The number of para-hydroxylation sites is 3. The lowest BCUT2D eigenvalue weighted by Crippen LogP contribution is -2.41. The van der Waals surface area contributed by atoms with Crippen LogP contribution in [0.4, 0.5) is 5.82 Å². The first-order valence-electron chi connectivity index (χ1n) is 9.76. The maximum absolute atomic E-state index is 12.8. The molecule has 5 aromatic rings. The average molecular weight is 426 g/mol. The molecular formula is C20H14N10O2. The van der Waals surface area contributed by atoms with E-state index in [1.807, 2.05) is 48.5 Å². The van der Waals surface area contributed by atoms with Gasteiger partial charge in [-0.3, -0.25) is 9.59 Å². The molecule has 0 spiro atoms. The van der Waals surface area contributed by atoms with E-state index in [-0.39, 0.29) is 30.3 Å². The van der Waals surface area contributed by atoms with Crippen molar-refractivity contribution < 1.29 is 9.59 Å². The number of anilines is 1. The molecule has 12 heteroatoms. The Labute approximate surface area is 179 Å². The summed E-state index contributed by atoms with van der Waals surface area (Å²) in [6.45, 7) is 0.0413. The Bertz CT molecular complexity index is 1490. The molecule has 0 atom stereocenters. The molecule has 156 valence electrons. The number of nitrogens with zero attached hydrogens (tertiary/aromatic N) is 10. The molecule has 12 nitrogen and oxygen atoms in total. The molecule has 0 aliphatic carbocycles. The highest BCUT2D eigenvalue weighted by molar-refractivity contribution is 6.12. The van der Waals surface area contributed by atoms with Crippen LogP contribution in [0.2, 0.25) is 0 Å². The first kappa shape index (κ1) is 18.1. The van der Waals surface area contributed by atoms with E-state index in [1.165, 1.54) is 14.5 Å². The maximum Gasteiger partial charge on any atom is 0.256 e. The van der Waals surface area contributed by atoms with Crippen LogP contribution in [0.1, 0.15) is 12.1 Å². The van der Waals surface area contributed by atoms with Crippen molar-refractivity contribution in [1.82, 2.24) is 45.0 Å². The van der Waals surface area contributed by atoms with Crippen molar-refractivity contribution in [2.24, 2.45) is 0 Å². The minimum atomic E-state index is -0.418. The molecule has 1 saturated heterocycles. The topological polar surface area (TPSA) is 127 Å². The average Bonchev–Trinajstić information content (AvgIpc) is 3.54. The van der Waals surface area contributed by atoms with Crippen molar-refractivity contribution in [1.29, 1.82) is 0 Å². The van der Waals surface area contributed by atoms with Gasteiger partial charge in [-0.15, -0.1) is 10.2 Å². The smallest absolute Gasteiger partial charge is 0.256 e. The molecule has 0 N–H and O–H groups in total. The molecule has 1 aliphatic heterocycles. The summed E-state index contributed by atoms with van der Waals surface area (Å²) in [4.78, 5) is 30.1. The summed E-state index contributed by atoms with van der Waals surface area (Å²) in [6.07, 6.45) is 1.43. The molecule has 4 heterocycles. The van der Waals surface area contributed by atoms with Crippen molar-refractivity contribution in [3.8, 4) is 5.69 Å². The predicted molar refractivity (Wildman–Crippen MR) is 110 cm³/mol. The van der Waals surface area contributed by atoms with E-state index in [9.17, 15) is 9.59 Å². The third-order valence-corrected chi connectivity index (χ3v) is 5.15. The third-order valence-electron chi connectivity index (χ3n) is 5.15. The Morgan fingerprint density at radius 2 is 1.69 bits per heavy atom. The largest absolute Gasteiger partial charge is 0.272 e.